The summed E-state index contributed by atoms with van der Waals surface area (Å²) in [6.45, 7) is -0.410. The lowest BCUT2D eigenvalue weighted by Crippen LogP contribution is -2.30. The van der Waals surface area contributed by atoms with Crippen LogP contribution in [0.25, 0.3) is 0 Å². The molecule has 0 spiro atoms. The highest BCUT2D eigenvalue weighted by atomic mass is 19.4. The van der Waals surface area contributed by atoms with Crippen molar-refractivity contribution in [1.82, 2.24) is 5.32 Å². The van der Waals surface area contributed by atoms with E-state index in [1.165, 1.54) is 12.1 Å². The topological polar surface area (TPSA) is 62.1 Å². The van der Waals surface area contributed by atoms with Gasteiger partial charge >= 0.3 is 6.18 Å². The van der Waals surface area contributed by atoms with Gasteiger partial charge in [0.15, 0.2) is 6.61 Å². The highest BCUT2D eigenvalue weighted by molar-refractivity contribution is 5.77. The number of nitriles is 1. The number of hydrogen-bond acceptors (Lipinski definition) is 3. The first-order chi connectivity index (χ1) is 9.42. The van der Waals surface area contributed by atoms with Crippen molar-refractivity contribution in [2.24, 2.45) is 0 Å². The standard InChI is InChI=1S/C13H13F3N2O2/c14-13(15,16)6-3-7-18-12(19)9-20-11-5-2-1-4-10(11)8-17/h1-2,4-5H,3,6-7,9H2,(H,18,19). The van der Waals surface area contributed by atoms with E-state index in [4.69, 9.17) is 10.00 Å². The van der Waals surface area contributed by atoms with E-state index in [1.54, 1.807) is 12.1 Å². The van der Waals surface area contributed by atoms with Crippen LogP contribution in [0.3, 0.4) is 0 Å². The van der Waals surface area contributed by atoms with Crippen molar-refractivity contribution in [2.75, 3.05) is 13.2 Å². The molecule has 1 N–H and O–H groups in total. The Morgan fingerprint density at radius 1 is 1.35 bits per heavy atom. The van der Waals surface area contributed by atoms with Gasteiger partial charge < -0.3 is 10.1 Å². The third-order valence-corrected chi connectivity index (χ3v) is 2.33. The molecule has 4 nitrogen and oxygen atoms in total. The Morgan fingerprint density at radius 2 is 2.05 bits per heavy atom. The van der Waals surface area contributed by atoms with E-state index < -0.39 is 18.5 Å². The summed E-state index contributed by atoms with van der Waals surface area (Å²) < 4.78 is 40.7. The van der Waals surface area contributed by atoms with E-state index in [9.17, 15) is 18.0 Å². The largest absolute Gasteiger partial charge is 0.482 e. The van der Waals surface area contributed by atoms with Crippen LogP contribution in [-0.4, -0.2) is 25.2 Å². The van der Waals surface area contributed by atoms with Crippen LogP contribution in [0.15, 0.2) is 24.3 Å². The average molecular weight is 286 g/mol. The van der Waals surface area contributed by atoms with E-state index in [0.717, 1.165) is 0 Å². The normalized spacial score (nSPS) is 10.7. The summed E-state index contributed by atoms with van der Waals surface area (Å²) >= 11 is 0. The minimum absolute atomic E-state index is 0.0679. The molecule has 1 rings (SSSR count). The maximum absolute atomic E-state index is 11.9. The second-order valence-corrected chi connectivity index (χ2v) is 3.97. The molecule has 108 valence electrons. The molecule has 1 amide bonds. The van der Waals surface area contributed by atoms with E-state index in [0.29, 0.717) is 0 Å². The van der Waals surface area contributed by atoms with Crippen molar-refractivity contribution in [1.29, 1.82) is 5.26 Å². The van der Waals surface area contributed by atoms with E-state index in [2.05, 4.69) is 5.32 Å². The molecule has 0 heterocycles. The number of hydrogen-bond donors (Lipinski definition) is 1. The Labute approximate surface area is 114 Å². The zero-order chi connectivity index (χ0) is 15.0. The van der Waals surface area contributed by atoms with E-state index in [1.807, 2.05) is 6.07 Å². The lowest BCUT2D eigenvalue weighted by Gasteiger charge is -2.09. The SMILES string of the molecule is N#Cc1ccccc1OCC(=O)NCCCC(F)(F)F. The van der Waals surface area contributed by atoms with Gasteiger partial charge in [0, 0.05) is 13.0 Å². The highest BCUT2D eigenvalue weighted by Gasteiger charge is 2.25. The molecule has 0 unspecified atom stereocenters. The summed E-state index contributed by atoms with van der Waals surface area (Å²) in [6.07, 6.45) is -5.33. The molecule has 20 heavy (non-hydrogen) atoms. The van der Waals surface area contributed by atoms with Gasteiger partial charge in [-0.1, -0.05) is 12.1 Å². The molecule has 0 saturated carbocycles. The Morgan fingerprint density at radius 3 is 2.70 bits per heavy atom. The Balaban J connectivity index is 2.28. The first kappa shape index (κ1) is 15.8. The van der Waals surface area contributed by atoms with Crippen molar-refractivity contribution in [3.8, 4) is 11.8 Å². The first-order valence-electron chi connectivity index (χ1n) is 5.88. The minimum Gasteiger partial charge on any atom is -0.482 e. The summed E-state index contributed by atoms with van der Waals surface area (Å²) in [5.74, 6) is -0.264. The molecule has 7 heteroatoms. The number of alkyl halides is 3. The van der Waals surface area contributed by atoms with Gasteiger partial charge in [-0.2, -0.15) is 18.4 Å². The third kappa shape index (κ3) is 6.09. The fourth-order valence-corrected chi connectivity index (χ4v) is 1.40. The first-order valence-corrected chi connectivity index (χ1v) is 5.88. The monoisotopic (exact) mass is 286 g/mol. The smallest absolute Gasteiger partial charge is 0.389 e. The minimum atomic E-state index is -4.22. The van der Waals surface area contributed by atoms with Crippen molar-refractivity contribution in [3.05, 3.63) is 29.8 Å². The number of rotatable bonds is 6. The zero-order valence-corrected chi connectivity index (χ0v) is 10.5. The van der Waals surface area contributed by atoms with Gasteiger partial charge in [0.2, 0.25) is 0 Å². The van der Waals surface area contributed by atoms with Gasteiger partial charge in [-0.25, -0.2) is 0 Å². The Kier molecular flexibility index (Phi) is 5.84. The fraction of sp³-hybridized carbons (Fsp3) is 0.385. The third-order valence-electron chi connectivity index (χ3n) is 2.33. The number of carbonyl (C=O) groups is 1. The predicted octanol–water partition coefficient (Wildman–Crippen LogP) is 2.40. The predicted molar refractivity (Wildman–Crippen MR) is 65.0 cm³/mol. The van der Waals surface area contributed by atoms with Gasteiger partial charge in [0.05, 0.1) is 5.56 Å². The summed E-state index contributed by atoms with van der Waals surface area (Å²) in [7, 11) is 0. The molecular weight excluding hydrogens is 273 g/mol. The Bertz CT molecular complexity index is 495. The van der Waals surface area contributed by atoms with Gasteiger partial charge in [-0.3, -0.25) is 4.79 Å². The summed E-state index contributed by atoms with van der Waals surface area (Å²) in [4.78, 5) is 11.3. The van der Waals surface area contributed by atoms with Crippen molar-refractivity contribution in [3.63, 3.8) is 0 Å². The molecule has 1 aromatic carbocycles. The number of para-hydroxylation sites is 1. The number of ether oxygens (including phenoxy) is 1. The van der Waals surface area contributed by atoms with Crippen LogP contribution in [0.1, 0.15) is 18.4 Å². The van der Waals surface area contributed by atoms with Gasteiger partial charge in [0.25, 0.3) is 5.91 Å². The molecule has 0 aliphatic rings. The Hall–Kier alpha value is -2.23. The summed E-state index contributed by atoms with van der Waals surface area (Å²) in [5, 5.41) is 11.1. The van der Waals surface area contributed by atoms with Crippen LogP contribution >= 0.6 is 0 Å². The molecule has 0 bridgehead atoms. The average Bonchev–Trinajstić information content (AvgIpc) is 2.40. The molecular formula is C13H13F3N2O2. The zero-order valence-electron chi connectivity index (χ0n) is 10.5. The summed E-state index contributed by atoms with van der Waals surface area (Å²) in [6, 6.07) is 8.29. The number of carbonyl (C=O) groups excluding carboxylic acids is 1. The second kappa shape index (κ2) is 7.38. The number of halogens is 3. The molecule has 0 aromatic heterocycles. The van der Waals surface area contributed by atoms with Crippen LogP contribution in [0.5, 0.6) is 5.75 Å². The van der Waals surface area contributed by atoms with E-state index in [-0.39, 0.29) is 30.9 Å². The number of nitrogens with zero attached hydrogens (tertiary/aromatic N) is 1. The van der Waals surface area contributed by atoms with Crippen LogP contribution in [-0.2, 0) is 4.79 Å². The molecule has 0 radical (unpaired) electrons. The lowest BCUT2D eigenvalue weighted by atomic mass is 10.2. The lowest BCUT2D eigenvalue weighted by molar-refractivity contribution is -0.136. The number of amides is 1. The quantitative estimate of drug-likeness (QED) is 0.817. The number of nitrogens with one attached hydrogen (secondary N) is 1. The van der Waals surface area contributed by atoms with Crippen LogP contribution in [0.4, 0.5) is 13.2 Å². The van der Waals surface area contributed by atoms with Crippen LogP contribution < -0.4 is 10.1 Å². The molecule has 0 aliphatic carbocycles. The van der Waals surface area contributed by atoms with Crippen LogP contribution in [0.2, 0.25) is 0 Å². The fourth-order valence-electron chi connectivity index (χ4n) is 1.40. The molecule has 1 aromatic rings. The molecule has 0 aliphatic heterocycles. The highest BCUT2D eigenvalue weighted by Crippen LogP contribution is 2.20. The molecule has 0 fully saturated rings. The maximum Gasteiger partial charge on any atom is 0.389 e. The van der Waals surface area contributed by atoms with Gasteiger partial charge in [-0.05, 0) is 18.6 Å². The van der Waals surface area contributed by atoms with Crippen molar-refractivity contribution in [2.45, 2.75) is 19.0 Å². The van der Waals surface area contributed by atoms with Crippen molar-refractivity contribution < 1.29 is 22.7 Å². The summed E-state index contributed by atoms with van der Waals surface area (Å²) in [5.41, 5.74) is 0.289. The van der Waals surface area contributed by atoms with Crippen LogP contribution in [0, 0.1) is 11.3 Å². The van der Waals surface area contributed by atoms with Crippen molar-refractivity contribution >= 4 is 5.91 Å². The second-order valence-electron chi connectivity index (χ2n) is 3.97. The number of benzene rings is 1. The molecule has 0 atom stereocenters. The molecule has 0 saturated heterocycles. The van der Waals surface area contributed by atoms with Gasteiger partial charge in [0.1, 0.15) is 11.8 Å². The van der Waals surface area contributed by atoms with E-state index >= 15 is 0 Å². The maximum atomic E-state index is 11.9. The van der Waals surface area contributed by atoms with Gasteiger partial charge in [-0.15, -0.1) is 0 Å².